The molecule has 0 saturated carbocycles. The first-order valence-corrected chi connectivity index (χ1v) is 9.68. The minimum atomic E-state index is 0.0125. The van der Waals surface area contributed by atoms with Crippen LogP contribution >= 0.6 is 35.0 Å². The average molecular weight is 406 g/mol. The zero-order valence-electron chi connectivity index (χ0n) is 14.1. The van der Waals surface area contributed by atoms with E-state index >= 15 is 0 Å². The van der Waals surface area contributed by atoms with E-state index in [1.165, 1.54) is 11.8 Å². The van der Waals surface area contributed by atoms with Crippen molar-refractivity contribution in [1.29, 1.82) is 0 Å². The molecule has 3 rings (SSSR count). The van der Waals surface area contributed by atoms with E-state index in [-0.39, 0.29) is 5.91 Å². The number of aromatic nitrogens is 2. The maximum atomic E-state index is 12.4. The molecule has 7 heteroatoms. The van der Waals surface area contributed by atoms with Crippen molar-refractivity contribution in [3.05, 3.63) is 76.5 Å². The van der Waals surface area contributed by atoms with Crippen LogP contribution in [0, 0.1) is 0 Å². The van der Waals surface area contributed by atoms with E-state index in [4.69, 9.17) is 23.2 Å². The largest absolute Gasteiger partial charge is 0.341 e. The van der Waals surface area contributed by atoms with E-state index in [0.717, 1.165) is 16.1 Å². The summed E-state index contributed by atoms with van der Waals surface area (Å²) in [6.45, 7) is 0.496. The smallest absolute Gasteiger partial charge is 0.232 e. The Hall–Kier alpha value is -1.95. The number of para-hydroxylation sites is 1. The number of thioether (sulfide) groups is 1. The van der Waals surface area contributed by atoms with Gasteiger partial charge in [-0.1, -0.05) is 41.4 Å². The molecule has 0 unspecified atom stereocenters. The van der Waals surface area contributed by atoms with Gasteiger partial charge in [-0.25, -0.2) is 4.68 Å². The third kappa shape index (κ3) is 4.81. The highest BCUT2D eigenvalue weighted by Crippen LogP contribution is 2.30. The molecule has 0 aliphatic rings. The Morgan fingerprint density at radius 2 is 1.96 bits per heavy atom. The third-order valence-electron chi connectivity index (χ3n) is 3.75. The molecule has 0 fully saturated rings. The predicted octanol–water partition coefficient (Wildman–Crippen LogP) is 4.93. The Morgan fingerprint density at radius 3 is 2.73 bits per heavy atom. The van der Waals surface area contributed by atoms with E-state index in [1.54, 1.807) is 41.0 Å². The van der Waals surface area contributed by atoms with E-state index < -0.39 is 0 Å². The molecule has 0 radical (unpaired) electrons. The normalized spacial score (nSPS) is 10.7. The van der Waals surface area contributed by atoms with Gasteiger partial charge in [0.15, 0.2) is 0 Å². The van der Waals surface area contributed by atoms with Gasteiger partial charge in [-0.2, -0.15) is 5.10 Å². The van der Waals surface area contributed by atoms with Gasteiger partial charge in [0.25, 0.3) is 0 Å². The molecule has 2 aromatic carbocycles. The van der Waals surface area contributed by atoms with Gasteiger partial charge in [-0.15, -0.1) is 11.8 Å². The van der Waals surface area contributed by atoms with Gasteiger partial charge >= 0.3 is 0 Å². The number of carbonyl (C=O) groups is 1. The number of hydrogen-bond donors (Lipinski definition) is 0. The van der Waals surface area contributed by atoms with Crippen LogP contribution in [-0.2, 0) is 11.3 Å². The molecule has 26 heavy (non-hydrogen) atoms. The van der Waals surface area contributed by atoms with Crippen LogP contribution in [0.3, 0.4) is 0 Å². The second-order valence-corrected chi connectivity index (χ2v) is 7.60. The maximum Gasteiger partial charge on any atom is 0.232 e. The molecule has 1 amide bonds. The number of halogens is 2. The first-order valence-electron chi connectivity index (χ1n) is 7.94. The van der Waals surface area contributed by atoms with Gasteiger partial charge in [-0.3, -0.25) is 4.79 Å². The van der Waals surface area contributed by atoms with Crippen LogP contribution in [0.2, 0.25) is 10.0 Å². The minimum Gasteiger partial charge on any atom is -0.341 e. The fraction of sp³-hybridized carbons (Fsp3) is 0.158. The molecule has 0 aliphatic heterocycles. The van der Waals surface area contributed by atoms with Crippen molar-refractivity contribution in [3.63, 3.8) is 0 Å². The van der Waals surface area contributed by atoms with E-state index in [9.17, 15) is 4.79 Å². The van der Waals surface area contributed by atoms with E-state index in [1.807, 2.05) is 36.5 Å². The van der Waals surface area contributed by atoms with Crippen LogP contribution in [0.1, 0.15) is 5.56 Å². The lowest BCUT2D eigenvalue weighted by atomic mass is 10.3. The van der Waals surface area contributed by atoms with E-state index in [2.05, 4.69) is 5.10 Å². The van der Waals surface area contributed by atoms with Crippen molar-refractivity contribution in [1.82, 2.24) is 14.7 Å². The van der Waals surface area contributed by atoms with Gasteiger partial charge in [-0.05, 0) is 30.3 Å². The van der Waals surface area contributed by atoms with Gasteiger partial charge in [0.1, 0.15) is 0 Å². The molecule has 3 aromatic rings. The average Bonchev–Trinajstić information content (AvgIpc) is 3.11. The van der Waals surface area contributed by atoms with Crippen molar-refractivity contribution >= 4 is 40.9 Å². The second kappa shape index (κ2) is 8.62. The summed E-state index contributed by atoms with van der Waals surface area (Å²) in [5.74, 6) is 0.308. The Kier molecular flexibility index (Phi) is 6.25. The molecule has 0 saturated heterocycles. The maximum absolute atomic E-state index is 12.4. The summed E-state index contributed by atoms with van der Waals surface area (Å²) in [7, 11) is 1.78. The molecule has 1 heterocycles. The Balaban J connectivity index is 1.58. The number of hydrogen-bond acceptors (Lipinski definition) is 3. The number of amides is 1. The highest BCUT2D eigenvalue weighted by atomic mass is 35.5. The summed E-state index contributed by atoms with van der Waals surface area (Å²) < 4.78 is 1.80. The number of carbonyl (C=O) groups excluding carboxylic acids is 1. The topological polar surface area (TPSA) is 38.1 Å². The van der Waals surface area contributed by atoms with Crippen molar-refractivity contribution < 1.29 is 4.79 Å². The molecular formula is C19H17Cl2N3OS. The molecular weight excluding hydrogens is 389 g/mol. The predicted molar refractivity (Wildman–Crippen MR) is 107 cm³/mol. The van der Waals surface area contributed by atoms with Crippen LogP contribution in [0.15, 0.2) is 65.8 Å². The second-order valence-electron chi connectivity index (χ2n) is 5.74. The van der Waals surface area contributed by atoms with Crippen LogP contribution < -0.4 is 0 Å². The standard InChI is InChI=1S/C19H17Cl2N3OS/c1-23(19(25)13-26-18-9-15(20)7-8-17(18)21)11-14-10-22-24(12-14)16-5-3-2-4-6-16/h2-10,12H,11,13H2,1H3. The summed E-state index contributed by atoms with van der Waals surface area (Å²) in [5.41, 5.74) is 1.95. The van der Waals surface area contributed by atoms with Crippen LogP contribution in [0.5, 0.6) is 0 Å². The molecule has 1 aromatic heterocycles. The molecule has 0 aliphatic carbocycles. The first kappa shape index (κ1) is 18.8. The minimum absolute atomic E-state index is 0.0125. The van der Waals surface area contributed by atoms with Crippen molar-refractivity contribution in [3.8, 4) is 5.69 Å². The third-order valence-corrected chi connectivity index (χ3v) is 5.46. The summed E-state index contributed by atoms with van der Waals surface area (Å²) in [5, 5.41) is 5.55. The van der Waals surface area contributed by atoms with Crippen molar-refractivity contribution in [2.24, 2.45) is 0 Å². The van der Waals surface area contributed by atoms with Gasteiger partial charge < -0.3 is 4.90 Å². The van der Waals surface area contributed by atoms with Gasteiger partial charge in [0.2, 0.25) is 5.91 Å². The molecule has 0 spiro atoms. The Labute approximate surface area is 166 Å². The fourth-order valence-corrected chi connectivity index (χ4v) is 3.80. The van der Waals surface area contributed by atoms with Gasteiger partial charge in [0.05, 0.1) is 22.7 Å². The van der Waals surface area contributed by atoms with Crippen LogP contribution in [-0.4, -0.2) is 33.4 Å². The van der Waals surface area contributed by atoms with Crippen molar-refractivity contribution in [2.45, 2.75) is 11.4 Å². The zero-order valence-corrected chi connectivity index (χ0v) is 16.4. The van der Waals surface area contributed by atoms with Crippen LogP contribution in [0.25, 0.3) is 5.69 Å². The Morgan fingerprint density at radius 1 is 1.19 bits per heavy atom. The molecule has 0 atom stereocenters. The lowest BCUT2D eigenvalue weighted by molar-refractivity contribution is -0.127. The Bertz CT molecular complexity index is 899. The monoisotopic (exact) mass is 405 g/mol. The molecule has 0 N–H and O–H groups in total. The summed E-state index contributed by atoms with van der Waals surface area (Å²) in [6.07, 6.45) is 3.71. The molecule has 0 bridgehead atoms. The van der Waals surface area contributed by atoms with Crippen LogP contribution in [0.4, 0.5) is 0 Å². The summed E-state index contributed by atoms with van der Waals surface area (Å²) in [4.78, 5) is 14.9. The number of benzene rings is 2. The van der Waals surface area contributed by atoms with E-state index in [0.29, 0.717) is 22.3 Å². The van der Waals surface area contributed by atoms with Crippen molar-refractivity contribution in [2.75, 3.05) is 12.8 Å². The first-order chi connectivity index (χ1) is 12.5. The number of nitrogens with zero attached hydrogens (tertiary/aromatic N) is 3. The zero-order chi connectivity index (χ0) is 18.5. The highest BCUT2D eigenvalue weighted by molar-refractivity contribution is 8.00. The van der Waals surface area contributed by atoms with Gasteiger partial charge in [0, 0.05) is 35.3 Å². The lowest BCUT2D eigenvalue weighted by Crippen LogP contribution is -2.27. The quantitative estimate of drug-likeness (QED) is 0.545. The highest BCUT2D eigenvalue weighted by Gasteiger charge is 2.13. The number of rotatable bonds is 6. The summed E-state index contributed by atoms with van der Waals surface area (Å²) in [6, 6.07) is 15.1. The lowest BCUT2D eigenvalue weighted by Gasteiger charge is -2.16. The molecule has 4 nitrogen and oxygen atoms in total. The summed E-state index contributed by atoms with van der Waals surface area (Å²) >= 11 is 13.5. The molecule has 134 valence electrons. The fourth-order valence-electron chi connectivity index (χ4n) is 2.36. The SMILES string of the molecule is CN(Cc1cnn(-c2ccccc2)c1)C(=O)CSc1cc(Cl)ccc1Cl.